The topological polar surface area (TPSA) is 75.3 Å². The zero-order chi connectivity index (χ0) is 12.0. The SMILES string of the molecule is CCCCNC(=O)NCC1CCCS1(=O)=O. The van der Waals surface area contributed by atoms with Crippen molar-refractivity contribution in [3.8, 4) is 0 Å². The van der Waals surface area contributed by atoms with E-state index in [1.54, 1.807) is 0 Å². The molecular weight excluding hydrogens is 228 g/mol. The Kier molecular flexibility index (Phi) is 5.05. The molecule has 1 unspecified atom stereocenters. The van der Waals surface area contributed by atoms with Gasteiger partial charge in [0.25, 0.3) is 0 Å². The molecule has 6 heteroatoms. The fourth-order valence-corrected chi connectivity index (χ4v) is 3.50. The molecule has 0 aromatic carbocycles. The van der Waals surface area contributed by atoms with Crippen LogP contribution in [0.15, 0.2) is 0 Å². The van der Waals surface area contributed by atoms with E-state index in [2.05, 4.69) is 10.6 Å². The Hall–Kier alpha value is -0.780. The van der Waals surface area contributed by atoms with Crippen molar-refractivity contribution in [2.75, 3.05) is 18.8 Å². The van der Waals surface area contributed by atoms with Crippen LogP contribution in [0.5, 0.6) is 0 Å². The third-order valence-corrected chi connectivity index (χ3v) is 5.04. The number of urea groups is 1. The zero-order valence-corrected chi connectivity index (χ0v) is 10.5. The van der Waals surface area contributed by atoms with Crippen LogP contribution in [-0.2, 0) is 9.84 Å². The Labute approximate surface area is 96.9 Å². The van der Waals surface area contributed by atoms with Crippen molar-refractivity contribution < 1.29 is 13.2 Å². The molecule has 1 atom stereocenters. The third kappa shape index (κ3) is 4.00. The van der Waals surface area contributed by atoms with E-state index >= 15 is 0 Å². The van der Waals surface area contributed by atoms with Gasteiger partial charge in [0.1, 0.15) is 0 Å². The van der Waals surface area contributed by atoms with E-state index in [0.29, 0.717) is 19.4 Å². The first-order chi connectivity index (χ1) is 7.56. The molecule has 2 amide bonds. The molecule has 1 fully saturated rings. The molecule has 0 radical (unpaired) electrons. The summed E-state index contributed by atoms with van der Waals surface area (Å²) in [7, 11) is -2.95. The molecule has 2 N–H and O–H groups in total. The van der Waals surface area contributed by atoms with Crippen molar-refractivity contribution >= 4 is 15.9 Å². The maximum absolute atomic E-state index is 11.5. The first-order valence-electron chi connectivity index (χ1n) is 5.79. The molecule has 0 aliphatic carbocycles. The normalized spacial score (nSPS) is 22.9. The van der Waals surface area contributed by atoms with Gasteiger partial charge in [-0.05, 0) is 19.3 Å². The van der Waals surface area contributed by atoms with Gasteiger partial charge >= 0.3 is 6.03 Å². The van der Waals surface area contributed by atoms with E-state index in [1.165, 1.54) is 0 Å². The molecule has 94 valence electrons. The molecular formula is C10H20N2O3S. The van der Waals surface area contributed by atoms with Crippen LogP contribution in [0.4, 0.5) is 4.79 Å². The van der Waals surface area contributed by atoms with Crippen LogP contribution in [-0.4, -0.2) is 38.5 Å². The summed E-state index contributed by atoms with van der Waals surface area (Å²) in [6.45, 7) is 2.92. The highest BCUT2D eigenvalue weighted by Crippen LogP contribution is 2.18. The van der Waals surface area contributed by atoms with Crippen LogP contribution in [0.25, 0.3) is 0 Å². The second kappa shape index (κ2) is 6.08. The van der Waals surface area contributed by atoms with E-state index in [4.69, 9.17) is 0 Å². The summed E-state index contributed by atoms with van der Waals surface area (Å²) in [5, 5.41) is 4.92. The monoisotopic (exact) mass is 248 g/mol. The van der Waals surface area contributed by atoms with E-state index in [0.717, 1.165) is 12.8 Å². The lowest BCUT2D eigenvalue weighted by Gasteiger charge is -2.11. The average Bonchev–Trinajstić information content (AvgIpc) is 2.55. The Morgan fingerprint density at radius 3 is 2.69 bits per heavy atom. The molecule has 5 nitrogen and oxygen atoms in total. The summed E-state index contributed by atoms with van der Waals surface area (Å²) in [6, 6.07) is -0.268. The standard InChI is InChI=1S/C10H20N2O3S/c1-2-3-6-11-10(13)12-8-9-5-4-7-16(9,14)15/h9H,2-8H2,1H3,(H2,11,12,13). The minimum absolute atomic E-state index is 0.236. The van der Waals surface area contributed by atoms with Gasteiger partial charge in [-0.1, -0.05) is 13.3 Å². The zero-order valence-electron chi connectivity index (χ0n) is 9.66. The quantitative estimate of drug-likeness (QED) is 0.702. The van der Waals surface area contributed by atoms with E-state index in [9.17, 15) is 13.2 Å². The Morgan fingerprint density at radius 2 is 2.12 bits per heavy atom. The minimum Gasteiger partial charge on any atom is -0.338 e. The summed E-state index contributed by atoms with van der Waals surface area (Å²) in [6.07, 6.45) is 3.34. The van der Waals surface area contributed by atoms with Crippen LogP contribution >= 0.6 is 0 Å². The molecule has 0 bridgehead atoms. The Bertz CT molecular complexity index is 327. The summed E-state index contributed by atoms with van der Waals surface area (Å²) >= 11 is 0. The van der Waals surface area contributed by atoms with Crippen molar-refractivity contribution in [3.63, 3.8) is 0 Å². The lowest BCUT2D eigenvalue weighted by atomic mass is 10.2. The van der Waals surface area contributed by atoms with E-state index in [-0.39, 0.29) is 23.6 Å². The predicted octanol–water partition coefficient (Wildman–Crippen LogP) is 0.663. The van der Waals surface area contributed by atoms with E-state index in [1.807, 2.05) is 6.92 Å². The van der Waals surface area contributed by atoms with Crippen LogP contribution < -0.4 is 10.6 Å². The van der Waals surface area contributed by atoms with Gasteiger partial charge in [0, 0.05) is 13.1 Å². The second-order valence-electron chi connectivity index (χ2n) is 4.12. The number of hydrogen-bond acceptors (Lipinski definition) is 3. The first-order valence-corrected chi connectivity index (χ1v) is 7.51. The molecule has 0 spiro atoms. The van der Waals surface area contributed by atoms with Crippen molar-refractivity contribution in [2.45, 2.75) is 37.9 Å². The fourth-order valence-electron chi connectivity index (χ4n) is 1.74. The lowest BCUT2D eigenvalue weighted by Crippen LogP contribution is -2.41. The van der Waals surface area contributed by atoms with Gasteiger partial charge in [0.05, 0.1) is 11.0 Å². The minimum atomic E-state index is -2.95. The summed E-state index contributed by atoms with van der Waals surface area (Å²) in [4.78, 5) is 11.3. The fraction of sp³-hybridized carbons (Fsp3) is 0.900. The Morgan fingerprint density at radius 1 is 1.38 bits per heavy atom. The van der Waals surface area contributed by atoms with Gasteiger partial charge in [-0.2, -0.15) is 0 Å². The summed E-state index contributed by atoms with van der Waals surface area (Å²) < 4.78 is 22.9. The number of carbonyl (C=O) groups is 1. The van der Waals surface area contributed by atoms with Gasteiger partial charge in [-0.15, -0.1) is 0 Å². The largest absolute Gasteiger partial charge is 0.338 e. The molecule has 1 heterocycles. The molecule has 1 saturated heterocycles. The van der Waals surface area contributed by atoms with Crippen molar-refractivity contribution in [3.05, 3.63) is 0 Å². The first kappa shape index (κ1) is 13.3. The van der Waals surface area contributed by atoms with Gasteiger partial charge in [-0.25, -0.2) is 13.2 Å². The highest BCUT2D eigenvalue weighted by Gasteiger charge is 2.31. The smallest absolute Gasteiger partial charge is 0.314 e. The maximum atomic E-state index is 11.5. The molecule has 0 aromatic heterocycles. The highest BCUT2D eigenvalue weighted by atomic mass is 32.2. The molecule has 1 aliphatic rings. The van der Waals surface area contributed by atoms with Crippen LogP contribution in [0.2, 0.25) is 0 Å². The van der Waals surface area contributed by atoms with Gasteiger partial charge in [0.15, 0.2) is 9.84 Å². The molecule has 0 saturated carbocycles. The van der Waals surface area contributed by atoms with Crippen molar-refractivity contribution in [1.29, 1.82) is 0 Å². The average molecular weight is 248 g/mol. The molecule has 1 rings (SSSR count). The van der Waals surface area contributed by atoms with Crippen molar-refractivity contribution in [2.24, 2.45) is 0 Å². The molecule has 1 aliphatic heterocycles. The highest BCUT2D eigenvalue weighted by molar-refractivity contribution is 7.92. The Balaban J connectivity index is 2.21. The van der Waals surface area contributed by atoms with Gasteiger partial charge in [0.2, 0.25) is 0 Å². The van der Waals surface area contributed by atoms with Crippen LogP contribution in [0.3, 0.4) is 0 Å². The maximum Gasteiger partial charge on any atom is 0.314 e. The summed E-state index contributed by atoms with van der Waals surface area (Å²) in [5.41, 5.74) is 0. The lowest BCUT2D eigenvalue weighted by molar-refractivity contribution is 0.240. The summed E-state index contributed by atoms with van der Waals surface area (Å²) in [5.74, 6) is 0.261. The number of nitrogens with one attached hydrogen (secondary N) is 2. The third-order valence-electron chi connectivity index (χ3n) is 2.77. The van der Waals surface area contributed by atoms with E-state index < -0.39 is 9.84 Å². The van der Waals surface area contributed by atoms with Gasteiger partial charge in [-0.3, -0.25) is 0 Å². The number of carbonyl (C=O) groups excluding carboxylic acids is 1. The molecule has 16 heavy (non-hydrogen) atoms. The number of hydrogen-bond donors (Lipinski definition) is 2. The molecule has 0 aromatic rings. The number of rotatable bonds is 5. The number of unbranched alkanes of at least 4 members (excludes halogenated alkanes) is 1. The second-order valence-corrected chi connectivity index (χ2v) is 6.52. The van der Waals surface area contributed by atoms with Crippen LogP contribution in [0, 0.1) is 0 Å². The van der Waals surface area contributed by atoms with Crippen LogP contribution in [0.1, 0.15) is 32.6 Å². The number of sulfone groups is 1. The van der Waals surface area contributed by atoms with Gasteiger partial charge < -0.3 is 10.6 Å². The predicted molar refractivity (Wildman–Crippen MR) is 63.1 cm³/mol. The van der Waals surface area contributed by atoms with Crippen molar-refractivity contribution in [1.82, 2.24) is 10.6 Å². The number of amides is 2.